The summed E-state index contributed by atoms with van der Waals surface area (Å²) in [5.74, 6) is -1.37. The summed E-state index contributed by atoms with van der Waals surface area (Å²) in [6, 6.07) is 18.2. The summed E-state index contributed by atoms with van der Waals surface area (Å²) in [4.78, 5) is 23.8. The van der Waals surface area contributed by atoms with E-state index in [4.69, 9.17) is 9.15 Å². The van der Waals surface area contributed by atoms with Gasteiger partial charge < -0.3 is 14.5 Å². The summed E-state index contributed by atoms with van der Waals surface area (Å²) < 4.78 is 24.2. The van der Waals surface area contributed by atoms with Crippen molar-refractivity contribution in [2.75, 3.05) is 6.54 Å². The summed E-state index contributed by atoms with van der Waals surface area (Å²) in [5, 5.41) is 2.41. The molecular weight excluding hydrogens is 337 g/mol. The molecule has 1 amide bonds. The Balaban J connectivity index is 1.52. The number of rotatable bonds is 6. The SMILES string of the molecule is O=C(CNC(=O)c1ccc(-c2ccccc2F)o1)OCc1ccccc1. The van der Waals surface area contributed by atoms with E-state index in [0.29, 0.717) is 0 Å². The van der Waals surface area contributed by atoms with Gasteiger partial charge in [0, 0.05) is 0 Å². The lowest BCUT2D eigenvalue weighted by Crippen LogP contribution is -2.30. The topological polar surface area (TPSA) is 68.5 Å². The Kier molecular flexibility index (Phi) is 5.43. The number of nitrogens with one attached hydrogen (secondary N) is 1. The van der Waals surface area contributed by atoms with Crippen LogP contribution >= 0.6 is 0 Å². The van der Waals surface area contributed by atoms with E-state index in [-0.39, 0.29) is 30.2 Å². The second-order valence-corrected chi connectivity index (χ2v) is 5.47. The number of halogens is 1. The van der Waals surface area contributed by atoms with Crippen LogP contribution in [0.3, 0.4) is 0 Å². The van der Waals surface area contributed by atoms with Crippen LogP contribution in [-0.4, -0.2) is 18.4 Å². The Morgan fingerprint density at radius 1 is 0.962 bits per heavy atom. The first-order valence-corrected chi connectivity index (χ1v) is 7.96. The summed E-state index contributed by atoms with van der Waals surface area (Å²) in [6.07, 6.45) is 0. The van der Waals surface area contributed by atoms with Crippen LogP contribution in [0.4, 0.5) is 4.39 Å². The molecule has 26 heavy (non-hydrogen) atoms. The molecule has 0 unspecified atom stereocenters. The third kappa shape index (κ3) is 4.36. The molecule has 0 aliphatic carbocycles. The second kappa shape index (κ2) is 8.11. The lowest BCUT2D eigenvalue weighted by molar-refractivity contribution is -0.143. The predicted octanol–water partition coefficient (Wildman–Crippen LogP) is 3.56. The largest absolute Gasteiger partial charge is 0.460 e. The van der Waals surface area contributed by atoms with Gasteiger partial charge in [0.15, 0.2) is 5.76 Å². The zero-order valence-corrected chi connectivity index (χ0v) is 13.8. The molecule has 0 atom stereocenters. The van der Waals surface area contributed by atoms with Crippen LogP contribution in [0.1, 0.15) is 16.1 Å². The molecule has 2 aromatic carbocycles. The molecule has 0 radical (unpaired) electrons. The monoisotopic (exact) mass is 353 g/mol. The number of hydrogen-bond acceptors (Lipinski definition) is 4. The molecule has 0 bridgehead atoms. The fourth-order valence-corrected chi connectivity index (χ4v) is 2.29. The second-order valence-electron chi connectivity index (χ2n) is 5.47. The summed E-state index contributed by atoms with van der Waals surface area (Å²) in [5.41, 5.74) is 1.11. The van der Waals surface area contributed by atoms with Gasteiger partial charge in [0.2, 0.25) is 0 Å². The molecule has 132 valence electrons. The molecule has 1 aromatic heterocycles. The van der Waals surface area contributed by atoms with Crippen LogP contribution in [0.2, 0.25) is 0 Å². The van der Waals surface area contributed by atoms with Crippen LogP contribution in [0.25, 0.3) is 11.3 Å². The van der Waals surface area contributed by atoms with E-state index in [0.717, 1.165) is 5.56 Å². The number of carbonyl (C=O) groups excluding carboxylic acids is 2. The number of carbonyl (C=O) groups is 2. The molecule has 5 nitrogen and oxygen atoms in total. The number of furan rings is 1. The lowest BCUT2D eigenvalue weighted by Gasteiger charge is -2.05. The Morgan fingerprint density at radius 2 is 1.69 bits per heavy atom. The highest BCUT2D eigenvalue weighted by Crippen LogP contribution is 2.24. The van der Waals surface area contributed by atoms with E-state index in [1.165, 1.54) is 18.2 Å². The van der Waals surface area contributed by atoms with Gasteiger partial charge in [-0.1, -0.05) is 42.5 Å². The molecule has 3 rings (SSSR count). The van der Waals surface area contributed by atoms with Crippen molar-refractivity contribution in [3.05, 3.63) is 83.9 Å². The van der Waals surface area contributed by atoms with Gasteiger partial charge in [-0.05, 0) is 29.8 Å². The first-order chi connectivity index (χ1) is 12.6. The summed E-state index contributed by atoms with van der Waals surface area (Å²) in [6.45, 7) is -0.158. The molecule has 1 heterocycles. The average Bonchev–Trinajstić information content (AvgIpc) is 3.15. The Bertz CT molecular complexity index is 905. The number of esters is 1. The van der Waals surface area contributed by atoms with Crippen LogP contribution in [0.15, 0.2) is 71.1 Å². The minimum Gasteiger partial charge on any atom is -0.460 e. The highest BCUT2D eigenvalue weighted by molar-refractivity contribution is 5.94. The third-order valence-corrected chi connectivity index (χ3v) is 3.61. The van der Waals surface area contributed by atoms with Crippen LogP contribution in [-0.2, 0) is 16.1 Å². The minimum absolute atomic E-state index is 0.0147. The number of ether oxygens (including phenoxy) is 1. The maximum atomic E-state index is 13.7. The van der Waals surface area contributed by atoms with Gasteiger partial charge >= 0.3 is 5.97 Å². The van der Waals surface area contributed by atoms with E-state index in [2.05, 4.69) is 5.32 Å². The quantitative estimate of drug-likeness (QED) is 0.688. The van der Waals surface area contributed by atoms with Crippen molar-refractivity contribution in [1.29, 1.82) is 0 Å². The molecule has 1 N–H and O–H groups in total. The van der Waals surface area contributed by atoms with Crippen LogP contribution in [0, 0.1) is 5.82 Å². The predicted molar refractivity (Wildman–Crippen MR) is 92.7 cm³/mol. The fraction of sp³-hybridized carbons (Fsp3) is 0.100. The van der Waals surface area contributed by atoms with Crippen molar-refractivity contribution in [2.24, 2.45) is 0 Å². The number of hydrogen-bond donors (Lipinski definition) is 1. The standard InChI is InChI=1S/C20H16FNO4/c21-16-9-5-4-8-15(16)17-10-11-18(26-17)20(24)22-12-19(23)25-13-14-6-2-1-3-7-14/h1-11H,12-13H2,(H,22,24). The van der Waals surface area contributed by atoms with Crippen molar-refractivity contribution in [1.82, 2.24) is 5.32 Å². The van der Waals surface area contributed by atoms with Crippen LogP contribution in [0.5, 0.6) is 0 Å². The molecule has 0 aliphatic rings. The van der Waals surface area contributed by atoms with Crippen molar-refractivity contribution >= 4 is 11.9 Å². The molecule has 0 aliphatic heterocycles. The Morgan fingerprint density at radius 3 is 2.46 bits per heavy atom. The molecule has 0 saturated carbocycles. The zero-order chi connectivity index (χ0) is 18.4. The van der Waals surface area contributed by atoms with Gasteiger partial charge in [0.25, 0.3) is 5.91 Å². The van der Waals surface area contributed by atoms with Crippen molar-refractivity contribution < 1.29 is 23.1 Å². The summed E-state index contributed by atoms with van der Waals surface area (Å²) >= 11 is 0. The van der Waals surface area contributed by atoms with Crippen molar-refractivity contribution in [3.63, 3.8) is 0 Å². The zero-order valence-electron chi connectivity index (χ0n) is 13.8. The molecule has 3 aromatic rings. The highest BCUT2D eigenvalue weighted by Gasteiger charge is 2.15. The first-order valence-electron chi connectivity index (χ1n) is 7.96. The van der Waals surface area contributed by atoms with Gasteiger partial charge in [-0.25, -0.2) is 4.39 Å². The molecule has 0 saturated heterocycles. The number of benzene rings is 2. The van der Waals surface area contributed by atoms with Gasteiger partial charge in [-0.2, -0.15) is 0 Å². The van der Waals surface area contributed by atoms with Crippen LogP contribution < -0.4 is 5.32 Å². The van der Waals surface area contributed by atoms with E-state index in [9.17, 15) is 14.0 Å². The van der Waals surface area contributed by atoms with Gasteiger partial charge in [-0.3, -0.25) is 9.59 Å². The Labute approximate surface area is 149 Å². The maximum Gasteiger partial charge on any atom is 0.325 e. The van der Waals surface area contributed by atoms with Gasteiger partial charge in [0.05, 0.1) is 5.56 Å². The first kappa shape index (κ1) is 17.4. The molecular formula is C20H16FNO4. The average molecular weight is 353 g/mol. The molecule has 6 heteroatoms. The highest BCUT2D eigenvalue weighted by atomic mass is 19.1. The lowest BCUT2D eigenvalue weighted by atomic mass is 10.1. The van der Waals surface area contributed by atoms with E-state index in [1.807, 2.05) is 30.3 Å². The van der Waals surface area contributed by atoms with E-state index in [1.54, 1.807) is 18.2 Å². The minimum atomic E-state index is -0.579. The molecule has 0 spiro atoms. The Hall–Kier alpha value is -3.41. The molecule has 0 fully saturated rings. The van der Waals surface area contributed by atoms with Crippen molar-refractivity contribution in [2.45, 2.75) is 6.61 Å². The maximum absolute atomic E-state index is 13.7. The number of amides is 1. The normalized spacial score (nSPS) is 10.3. The van der Waals surface area contributed by atoms with E-state index < -0.39 is 17.7 Å². The van der Waals surface area contributed by atoms with Gasteiger partial charge in [0.1, 0.15) is 24.7 Å². The van der Waals surface area contributed by atoms with Gasteiger partial charge in [-0.15, -0.1) is 0 Å². The third-order valence-electron chi connectivity index (χ3n) is 3.61. The summed E-state index contributed by atoms with van der Waals surface area (Å²) in [7, 11) is 0. The van der Waals surface area contributed by atoms with E-state index >= 15 is 0 Å². The van der Waals surface area contributed by atoms with Crippen molar-refractivity contribution in [3.8, 4) is 11.3 Å². The smallest absolute Gasteiger partial charge is 0.325 e. The fourth-order valence-electron chi connectivity index (χ4n) is 2.29.